The predicted molar refractivity (Wildman–Crippen MR) is 59.4 cm³/mol. The Labute approximate surface area is 92.1 Å². The highest BCUT2D eigenvalue weighted by Gasteiger charge is 2.03. The van der Waals surface area contributed by atoms with Gasteiger partial charge in [0.1, 0.15) is 5.52 Å². The van der Waals surface area contributed by atoms with Crippen molar-refractivity contribution in [3.8, 4) is 0 Å². The first-order valence-electron chi connectivity index (χ1n) is 5.07. The monoisotopic (exact) mass is 220 g/mol. The molecule has 2 aromatic rings. The van der Waals surface area contributed by atoms with Gasteiger partial charge in [0, 0.05) is 13.0 Å². The number of benzene rings is 1. The summed E-state index contributed by atoms with van der Waals surface area (Å²) in [4.78, 5) is 14.5. The number of fused-ring (bicyclic) bond motifs is 1. The SMILES string of the molecule is O=C(O)CCCNc1nc2ccccc2o1. The van der Waals surface area contributed by atoms with Crippen molar-refractivity contribution in [3.63, 3.8) is 0 Å². The molecule has 0 aliphatic heterocycles. The number of hydrogen-bond acceptors (Lipinski definition) is 4. The van der Waals surface area contributed by atoms with Gasteiger partial charge in [-0.25, -0.2) is 0 Å². The molecule has 1 heterocycles. The molecule has 16 heavy (non-hydrogen) atoms. The summed E-state index contributed by atoms with van der Waals surface area (Å²) in [5.41, 5.74) is 1.52. The first-order valence-corrected chi connectivity index (χ1v) is 5.07. The van der Waals surface area contributed by atoms with Crippen LogP contribution in [0.25, 0.3) is 11.1 Å². The van der Waals surface area contributed by atoms with Crippen molar-refractivity contribution in [2.45, 2.75) is 12.8 Å². The number of carbonyl (C=O) groups is 1. The van der Waals surface area contributed by atoms with Gasteiger partial charge in [0.15, 0.2) is 5.58 Å². The van der Waals surface area contributed by atoms with Crippen LogP contribution in [0.1, 0.15) is 12.8 Å². The summed E-state index contributed by atoms with van der Waals surface area (Å²) < 4.78 is 5.41. The minimum atomic E-state index is -0.792. The molecule has 0 aliphatic rings. The lowest BCUT2D eigenvalue weighted by atomic mass is 10.3. The minimum Gasteiger partial charge on any atom is -0.481 e. The number of anilines is 1. The van der Waals surface area contributed by atoms with E-state index in [9.17, 15) is 4.79 Å². The van der Waals surface area contributed by atoms with Crippen LogP contribution in [0.2, 0.25) is 0 Å². The lowest BCUT2D eigenvalue weighted by molar-refractivity contribution is -0.137. The van der Waals surface area contributed by atoms with E-state index in [4.69, 9.17) is 9.52 Å². The predicted octanol–water partition coefficient (Wildman–Crippen LogP) is 2.10. The molecule has 0 aliphatic carbocycles. The number of carboxylic acids is 1. The fourth-order valence-electron chi connectivity index (χ4n) is 1.38. The zero-order chi connectivity index (χ0) is 11.4. The lowest BCUT2D eigenvalue weighted by Crippen LogP contribution is -2.04. The molecule has 0 amide bonds. The first kappa shape index (κ1) is 10.5. The van der Waals surface area contributed by atoms with Crippen molar-refractivity contribution in [2.75, 3.05) is 11.9 Å². The number of nitrogens with zero attached hydrogens (tertiary/aromatic N) is 1. The van der Waals surface area contributed by atoms with Crippen LogP contribution in [0.5, 0.6) is 0 Å². The van der Waals surface area contributed by atoms with Gasteiger partial charge < -0.3 is 14.8 Å². The average Bonchev–Trinajstić information content (AvgIpc) is 2.66. The highest BCUT2D eigenvalue weighted by Crippen LogP contribution is 2.17. The fraction of sp³-hybridized carbons (Fsp3) is 0.273. The van der Waals surface area contributed by atoms with E-state index in [1.165, 1.54) is 0 Å². The van der Waals surface area contributed by atoms with Gasteiger partial charge in [0.25, 0.3) is 6.01 Å². The molecule has 1 aromatic heterocycles. The van der Waals surface area contributed by atoms with Gasteiger partial charge in [0.2, 0.25) is 0 Å². The van der Waals surface area contributed by atoms with E-state index in [0.29, 0.717) is 19.0 Å². The van der Waals surface area contributed by atoms with E-state index in [1.807, 2.05) is 24.3 Å². The second kappa shape index (κ2) is 4.65. The Hall–Kier alpha value is -2.04. The first-order chi connectivity index (χ1) is 7.75. The average molecular weight is 220 g/mol. The Kier molecular flexibility index (Phi) is 3.05. The van der Waals surface area contributed by atoms with Crippen LogP contribution in [0, 0.1) is 0 Å². The maximum Gasteiger partial charge on any atom is 0.303 e. The van der Waals surface area contributed by atoms with Crippen LogP contribution < -0.4 is 5.32 Å². The highest BCUT2D eigenvalue weighted by atomic mass is 16.4. The topological polar surface area (TPSA) is 75.4 Å². The van der Waals surface area contributed by atoms with Crippen LogP contribution in [-0.4, -0.2) is 22.6 Å². The van der Waals surface area contributed by atoms with E-state index in [1.54, 1.807) is 0 Å². The van der Waals surface area contributed by atoms with Crippen molar-refractivity contribution in [2.24, 2.45) is 0 Å². The highest BCUT2D eigenvalue weighted by molar-refractivity contribution is 5.74. The second-order valence-corrected chi connectivity index (χ2v) is 3.41. The molecule has 1 aromatic carbocycles. The number of hydrogen-bond donors (Lipinski definition) is 2. The molecule has 0 unspecified atom stereocenters. The van der Waals surface area contributed by atoms with E-state index < -0.39 is 5.97 Å². The zero-order valence-electron chi connectivity index (χ0n) is 8.64. The molecule has 5 nitrogen and oxygen atoms in total. The van der Waals surface area contributed by atoms with Gasteiger partial charge in [-0.3, -0.25) is 4.79 Å². The van der Waals surface area contributed by atoms with Crippen molar-refractivity contribution >= 4 is 23.1 Å². The molecule has 0 bridgehead atoms. The Morgan fingerprint density at radius 3 is 3.00 bits per heavy atom. The molecule has 2 rings (SSSR count). The third-order valence-corrected chi connectivity index (χ3v) is 2.14. The van der Waals surface area contributed by atoms with Gasteiger partial charge in [0.05, 0.1) is 0 Å². The van der Waals surface area contributed by atoms with E-state index in [2.05, 4.69) is 10.3 Å². The van der Waals surface area contributed by atoms with Gasteiger partial charge in [-0.05, 0) is 18.6 Å². The van der Waals surface area contributed by atoms with E-state index in [-0.39, 0.29) is 6.42 Å². The molecule has 2 N–H and O–H groups in total. The molecule has 0 radical (unpaired) electrons. The minimum absolute atomic E-state index is 0.146. The number of aromatic nitrogens is 1. The van der Waals surface area contributed by atoms with Gasteiger partial charge in [-0.15, -0.1) is 0 Å². The fourth-order valence-corrected chi connectivity index (χ4v) is 1.38. The van der Waals surface area contributed by atoms with Crippen LogP contribution in [-0.2, 0) is 4.79 Å². The van der Waals surface area contributed by atoms with Crippen LogP contribution >= 0.6 is 0 Å². The lowest BCUT2D eigenvalue weighted by Gasteiger charge is -1.98. The quantitative estimate of drug-likeness (QED) is 0.755. The van der Waals surface area contributed by atoms with Crippen molar-refractivity contribution in [1.29, 1.82) is 0 Å². The van der Waals surface area contributed by atoms with Crippen molar-refractivity contribution in [1.82, 2.24) is 4.98 Å². The molecule has 0 spiro atoms. The summed E-state index contributed by atoms with van der Waals surface area (Å²) in [5.74, 6) is -0.792. The number of carboxylic acid groups (broad SMARTS) is 1. The Balaban J connectivity index is 1.92. The number of para-hydroxylation sites is 2. The number of rotatable bonds is 5. The maximum absolute atomic E-state index is 10.3. The van der Waals surface area contributed by atoms with Gasteiger partial charge >= 0.3 is 5.97 Å². The standard InChI is InChI=1S/C11H12N2O3/c14-10(15)6-3-7-12-11-13-8-4-1-2-5-9(8)16-11/h1-2,4-5H,3,6-7H2,(H,12,13)(H,14,15). The number of aliphatic carboxylic acids is 1. The summed E-state index contributed by atoms with van der Waals surface area (Å²) >= 11 is 0. The molecular weight excluding hydrogens is 208 g/mol. The second-order valence-electron chi connectivity index (χ2n) is 3.41. The van der Waals surface area contributed by atoms with Crippen molar-refractivity contribution in [3.05, 3.63) is 24.3 Å². The molecule has 5 heteroatoms. The summed E-state index contributed by atoms with van der Waals surface area (Å²) in [6, 6.07) is 7.90. The number of oxazole rings is 1. The Bertz CT molecular complexity index is 460. The summed E-state index contributed by atoms with van der Waals surface area (Å²) in [6.45, 7) is 0.541. The van der Waals surface area contributed by atoms with Crippen LogP contribution in [0.15, 0.2) is 28.7 Å². The molecule has 0 saturated carbocycles. The molecule has 84 valence electrons. The zero-order valence-corrected chi connectivity index (χ0v) is 8.64. The summed E-state index contributed by atoms with van der Waals surface area (Å²) in [6.07, 6.45) is 0.696. The Morgan fingerprint density at radius 1 is 1.44 bits per heavy atom. The molecular formula is C11H12N2O3. The summed E-state index contributed by atoms with van der Waals surface area (Å²) in [7, 11) is 0. The Morgan fingerprint density at radius 2 is 2.25 bits per heavy atom. The maximum atomic E-state index is 10.3. The molecule has 0 fully saturated rings. The van der Waals surface area contributed by atoms with E-state index >= 15 is 0 Å². The summed E-state index contributed by atoms with van der Waals surface area (Å²) in [5, 5.41) is 11.4. The van der Waals surface area contributed by atoms with Crippen LogP contribution in [0.4, 0.5) is 6.01 Å². The van der Waals surface area contributed by atoms with Gasteiger partial charge in [-0.1, -0.05) is 12.1 Å². The third kappa shape index (κ3) is 2.50. The third-order valence-electron chi connectivity index (χ3n) is 2.14. The van der Waals surface area contributed by atoms with E-state index in [0.717, 1.165) is 11.1 Å². The van der Waals surface area contributed by atoms with Gasteiger partial charge in [-0.2, -0.15) is 4.98 Å². The van der Waals surface area contributed by atoms with Crippen LogP contribution in [0.3, 0.4) is 0 Å². The molecule has 0 atom stereocenters. The molecule has 0 saturated heterocycles. The number of nitrogens with one attached hydrogen (secondary N) is 1. The normalized spacial score (nSPS) is 10.5. The largest absolute Gasteiger partial charge is 0.481 e. The smallest absolute Gasteiger partial charge is 0.303 e. The van der Waals surface area contributed by atoms with Crippen molar-refractivity contribution < 1.29 is 14.3 Å².